The van der Waals surface area contributed by atoms with Crippen LogP contribution in [0.25, 0.3) is 0 Å². The first-order valence-corrected chi connectivity index (χ1v) is 8.17. The van der Waals surface area contributed by atoms with Crippen molar-refractivity contribution >= 4 is 40.8 Å². The molecule has 2 rings (SSSR count). The number of benzene rings is 2. The average molecular weight is 382 g/mol. The lowest BCUT2D eigenvalue weighted by Gasteiger charge is -2.11. The molecule has 0 aromatic heterocycles. The van der Waals surface area contributed by atoms with E-state index in [0.717, 1.165) is 11.1 Å². The van der Waals surface area contributed by atoms with Crippen LogP contribution >= 0.6 is 23.2 Å². The zero-order chi connectivity index (χ0) is 18.4. The smallest absolute Gasteiger partial charge is 0.338 e. The number of ether oxygens (including phenoxy) is 2. The van der Waals surface area contributed by atoms with Crippen molar-refractivity contribution in [1.29, 1.82) is 0 Å². The molecule has 0 saturated carbocycles. The highest BCUT2D eigenvalue weighted by atomic mass is 35.5. The molecule has 0 fully saturated rings. The second-order valence-corrected chi connectivity index (χ2v) is 6.10. The molecule has 0 atom stereocenters. The van der Waals surface area contributed by atoms with Crippen molar-refractivity contribution in [1.82, 2.24) is 0 Å². The Balaban J connectivity index is 1.97. The van der Waals surface area contributed by atoms with Crippen LogP contribution in [0, 0.1) is 6.92 Å². The number of rotatable bonds is 6. The van der Waals surface area contributed by atoms with E-state index in [4.69, 9.17) is 32.7 Å². The van der Waals surface area contributed by atoms with Crippen LogP contribution < -0.4 is 5.32 Å². The maximum absolute atomic E-state index is 12.1. The lowest BCUT2D eigenvalue weighted by atomic mass is 10.1. The van der Waals surface area contributed by atoms with Crippen LogP contribution in [0.5, 0.6) is 0 Å². The highest BCUT2D eigenvalue weighted by molar-refractivity contribution is 6.40. The van der Waals surface area contributed by atoms with E-state index in [9.17, 15) is 9.59 Å². The van der Waals surface area contributed by atoms with Gasteiger partial charge in [-0.1, -0.05) is 41.4 Å². The van der Waals surface area contributed by atoms with Gasteiger partial charge in [-0.15, -0.1) is 0 Å². The number of methoxy groups -OCH3 is 1. The molecular weight excluding hydrogens is 365 g/mol. The summed E-state index contributed by atoms with van der Waals surface area (Å²) in [6, 6.07) is 10.2. The first-order chi connectivity index (χ1) is 11.9. The van der Waals surface area contributed by atoms with Crippen molar-refractivity contribution in [3.63, 3.8) is 0 Å². The number of nitrogens with one attached hydrogen (secondary N) is 1. The summed E-state index contributed by atoms with van der Waals surface area (Å²) in [5, 5.41) is 3.21. The molecule has 0 unspecified atom stereocenters. The van der Waals surface area contributed by atoms with Gasteiger partial charge in [0, 0.05) is 7.11 Å². The Kier molecular flexibility index (Phi) is 6.82. The molecule has 132 valence electrons. The molecule has 2 aromatic rings. The van der Waals surface area contributed by atoms with Crippen LogP contribution in [-0.2, 0) is 20.9 Å². The fourth-order valence-electron chi connectivity index (χ4n) is 2.12. The van der Waals surface area contributed by atoms with Gasteiger partial charge in [0.2, 0.25) is 0 Å². The molecular formula is C18H17Cl2NO4. The highest BCUT2D eigenvalue weighted by Crippen LogP contribution is 2.32. The van der Waals surface area contributed by atoms with Gasteiger partial charge in [0.1, 0.15) is 0 Å². The summed E-state index contributed by atoms with van der Waals surface area (Å²) in [5.74, 6) is -1.13. The largest absolute Gasteiger partial charge is 0.452 e. The first kappa shape index (κ1) is 19.2. The van der Waals surface area contributed by atoms with Gasteiger partial charge in [-0.25, -0.2) is 4.79 Å². The number of hydrogen-bond acceptors (Lipinski definition) is 4. The van der Waals surface area contributed by atoms with Gasteiger partial charge in [-0.3, -0.25) is 4.79 Å². The van der Waals surface area contributed by atoms with Gasteiger partial charge >= 0.3 is 5.97 Å². The third-order valence-corrected chi connectivity index (χ3v) is 4.16. The standard InChI is InChI=1S/C18H17Cl2NO4/c1-11-6-7-14(19)17(16(11)20)21-15(22)10-25-18(23)13-5-3-4-12(8-13)9-24-2/h3-8H,9-10H2,1-2H3,(H,21,22). The Morgan fingerprint density at radius 3 is 2.64 bits per heavy atom. The van der Waals surface area contributed by atoms with Crippen LogP contribution in [0.1, 0.15) is 21.5 Å². The lowest BCUT2D eigenvalue weighted by Crippen LogP contribution is -2.21. The third-order valence-electron chi connectivity index (χ3n) is 3.36. The molecule has 0 radical (unpaired) electrons. The summed E-state index contributed by atoms with van der Waals surface area (Å²) < 4.78 is 10.0. The van der Waals surface area contributed by atoms with Gasteiger partial charge in [-0.2, -0.15) is 0 Å². The van der Waals surface area contributed by atoms with Crippen molar-refractivity contribution in [2.24, 2.45) is 0 Å². The number of amides is 1. The minimum absolute atomic E-state index is 0.298. The van der Waals surface area contributed by atoms with Crippen molar-refractivity contribution in [3.05, 3.63) is 63.1 Å². The van der Waals surface area contributed by atoms with Gasteiger partial charge in [0.05, 0.1) is 27.9 Å². The summed E-state index contributed by atoms with van der Waals surface area (Å²) in [4.78, 5) is 24.1. The Morgan fingerprint density at radius 1 is 1.16 bits per heavy atom. The summed E-state index contributed by atoms with van der Waals surface area (Å²) in [6.07, 6.45) is 0. The van der Waals surface area contributed by atoms with Crippen LogP contribution in [0.2, 0.25) is 10.0 Å². The number of esters is 1. The number of anilines is 1. The molecule has 25 heavy (non-hydrogen) atoms. The van der Waals surface area contributed by atoms with E-state index in [1.54, 1.807) is 44.4 Å². The molecule has 0 bridgehead atoms. The molecule has 0 aliphatic heterocycles. The first-order valence-electron chi connectivity index (χ1n) is 7.42. The molecule has 0 aliphatic rings. The lowest BCUT2D eigenvalue weighted by molar-refractivity contribution is -0.119. The molecule has 5 nitrogen and oxygen atoms in total. The number of aryl methyl sites for hydroxylation is 1. The molecule has 7 heteroatoms. The quantitative estimate of drug-likeness (QED) is 0.759. The fraction of sp³-hybridized carbons (Fsp3) is 0.222. The number of halogens is 2. The molecule has 0 saturated heterocycles. The molecule has 0 aliphatic carbocycles. The third kappa shape index (κ3) is 5.19. The van der Waals surface area contributed by atoms with E-state index in [0.29, 0.717) is 27.9 Å². The van der Waals surface area contributed by atoms with Crippen LogP contribution in [-0.4, -0.2) is 25.6 Å². The molecule has 2 aromatic carbocycles. The van der Waals surface area contributed by atoms with Crippen molar-refractivity contribution in [2.75, 3.05) is 19.0 Å². The van der Waals surface area contributed by atoms with Gasteiger partial charge < -0.3 is 14.8 Å². The van der Waals surface area contributed by atoms with E-state index in [-0.39, 0.29) is 0 Å². The second-order valence-electron chi connectivity index (χ2n) is 5.31. The Hall–Kier alpha value is -2.08. The van der Waals surface area contributed by atoms with Gasteiger partial charge in [-0.05, 0) is 36.2 Å². The minimum atomic E-state index is -0.602. The summed E-state index contributed by atoms with van der Waals surface area (Å²) >= 11 is 12.2. The van der Waals surface area contributed by atoms with Crippen LogP contribution in [0.4, 0.5) is 5.69 Å². The highest BCUT2D eigenvalue weighted by Gasteiger charge is 2.14. The SMILES string of the molecule is COCc1cccc(C(=O)OCC(=O)Nc2c(Cl)ccc(C)c2Cl)c1. The van der Waals surface area contributed by atoms with Crippen molar-refractivity contribution in [3.8, 4) is 0 Å². The minimum Gasteiger partial charge on any atom is -0.452 e. The van der Waals surface area contributed by atoms with E-state index in [2.05, 4.69) is 5.32 Å². The van der Waals surface area contributed by atoms with Gasteiger partial charge in [0.15, 0.2) is 6.61 Å². The summed E-state index contributed by atoms with van der Waals surface area (Å²) in [7, 11) is 1.57. The Labute approximate surface area is 155 Å². The van der Waals surface area contributed by atoms with Crippen LogP contribution in [0.3, 0.4) is 0 Å². The maximum atomic E-state index is 12.1. The van der Waals surface area contributed by atoms with Crippen LogP contribution in [0.15, 0.2) is 36.4 Å². The number of hydrogen-bond donors (Lipinski definition) is 1. The van der Waals surface area contributed by atoms with Gasteiger partial charge in [0.25, 0.3) is 5.91 Å². The molecule has 1 amide bonds. The summed E-state index contributed by atoms with van der Waals surface area (Å²) in [5.41, 5.74) is 2.24. The number of carbonyl (C=O) groups excluding carboxylic acids is 2. The Bertz CT molecular complexity index is 793. The predicted octanol–water partition coefficient (Wildman–Crippen LogP) is 4.24. The molecule has 0 spiro atoms. The maximum Gasteiger partial charge on any atom is 0.338 e. The monoisotopic (exact) mass is 381 g/mol. The normalized spacial score (nSPS) is 10.4. The zero-order valence-corrected chi connectivity index (χ0v) is 15.3. The molecule has 1 N–H and O–H groups in total. The predicted molar refractivity (Wildman–Crippen MR) is 97.3 cm³/mol. The second kappa shape index (κ2) is 8.85. The Morgan fingerprint density at radius 2 is 1.92 bits per heavy atom. The van der Waals surface area contributed by atoms with Crippen molar-refractivity contribution < 1.29 is 19.1 Å². The molecule has 0 heterocycles. The van der Waals surface area contributed by atoms with E-state index in [1.165, 1.54) is 0 Å². The number of carbonyl (C=O) groups is 2. The zero-order valence-electron chi connectivity index (χ0n) is 13.8. The fourth-order valence-corrected chi connectivity index (χ4v) is 2.58. The summed E-state index contributed by atoms with van der Waals surface area (Å²) in [6.45, 7) is 1.72. The average Bonchev–Trinajstić information content (AvgIpc) is 2.60. The van der Waals surface area contributed by atoms with E-state index < -0.39 is 18.5 Å². The van der Waals surface area contributed by atoms with E-state index in [1.807, 2.05) is 6.07 Å². The van der Waals surface area contributed by atoms with Crippen molar-refractivity contribution in [2.45, 2.75) is 13.5 Å². The van der Waals surface area contributed by atoms with E-state index >= 15 is 0 Å². The topological polar surface area (TPSA) is 64.6 Å².